The van der Waals surface area contributed by atoms with Crippen LogP contribution in [0.1, 0.15) is 21.5 Å². The van der Waals surface area contributed by atoms with Crippen molar-refractivity contribution in [2.45, 2.75) is 6.61 Å². The molecule has 3 rings (SSSR count). The van der Waals surface area contributed by atoms with E-state index in [1.165, 1.54) is 6.08 Å². The highest BCUT2D eigenvalue weighted by atomic mass is 35.5. The predicted molar refractivity (Wildman–Crippen MR) is 109 cm³/mol. The van der Waals surface area contributed by atoms with E-state index < -0.39 is 0 Å². The minimum atomic E-state index is -0.110. The van der Waals surface area contributed by atoms with E-state index >= 15 is 0 Å². The zero-order valence-corrected chi connectivity index (χ0v) is 15.6. The third-order valence-electron chi connectivity index (χ3n) is 3.96. The van der Waals surface area contributed by atoms with Gasteiger partial charge < -0.3 is 9.47 Å². The Bertz CT molecular complexity index is 949. The van der Waals surface area contributed by atoms with Crippen LogP contribution in [-0.4, -0.2) is 12.9 Å². The first-order valence-corrected chi connectivity index (χ1v) is 8.86. The Morgan fingerprint density at radius 3 is 2.52 bits per heavy atom. The topological polar surface area (TPSA) is 35.5 Å². The lowest BCUT2D eigenvalue weighted by atomic mass is 10.1. The molecule has 0 amide bonds. The van der Waals surface area contributed by atoms with Crippen LogP contribution in [-0.2, 0) is 6.61 Å². The van der Waals surface area contributed by atoms with Gasteiger partial charge in [0.05, 0.1) is 7.11 Å². The van der Waals surface area contributed by atoms with E-state index in [1.807, 2.05) is 48.5 Å². The molecule has 0 atom stereocenters. The summed E-state index contributed by atoms with van der Waals surface area (Å²) >= 11 is 5.93. The molecule has 0 aliphatic heterocycles. The van der Waals surface area contributed by atoms with Gasteiger partial charge in [0.2, 0.25) is 0 Å². The minimum absolute atomic E-state index is 0.110. The summed E-state index contributed by atoms with van der Waals surface area (Å²) in [6.45, 7) is 0.458. The molecule has 0 bridgehead atoms. The van der Waals surface area contributed by atoms with Gasteiger partial charge in [0.1, 0.15) is 6.61 Å². The van der Waals surface area contributed by atoms with Crippen LogP contribution in [0.3, 0.4) is 0 Å². The first-order chi connectivity index (χ1) is 13.2. The number of ketones is 1. The average molecular weight is 379 g/mol. The van der Waals surface area contributed by atoms with Gasteiger partial charge >= 0.3 is 0 Å². The molecule has 0 N–H and O–H groups in total. The van der Waals surface area contributed by atoms with Gasteiger partial charge in [0.15, 0.2) is 17.3 Å². The van der Waals surface area contributed by atoms with Gasteiger partial charge in [0.25, 0.3) is 0 Å². The monoisotopic (exact) mass is 378 g/mol. The second-order valence-electron chi connectivity index (χ2n) is 5.89. The summed E-state index contributed by atoms with van der Waals surface area (Å²) in [6, 6.07) is 22.4. The Hall–Kier alpha value is -3.04. The molecule has 0 aliphatic rings. The smallest absolute Gasteiger partial charge is 0.185 e. The van der Waals surface area contributed by atoms with Crippen LogP contribution in [0.4, 0.5) is 0 Å². The highest BCUT2D eigenvalue weighted by molar-refractivity contribution is 6.31. The zero-order chi connectivity index (χ0) is 19.1. The van der Waals surface area contributed by atoms with Gasteiger partial charge in [-0.3, -0.25) is 4.79 Å². The van der Waals surface area contributed by atoms with Crippen LogP contribution in [0.25, 0.3) is 6.08 Å². The second kappa shape index (κ2) is 9.06. The maximum atomic E-state index is 12.2. The Morgan fingerprint density at radius 2 is 1.78 bits per heavy atom. The quantitative estimate of drug-likeness (QED) is 0.383. The molecule has 0 unspecified atom stereocenters. The molecule has 0 aliphatic carbocycles. The summed E-state index contributed by atoms with van der Waals surface area (Å²) in [5.74, 6) is 1.16. The van der Waals surface area contributed by atoms with Crippen molar-refractivity contribution in [2.75, 3.05) is 7.11 Å². The van der Waals surface area contributed by atoms with E-state index in [0.29, 0.717) is 28.7 Å². The number of rotatable bonds is 7. The summed E-state index contributed by atoms with van der Waals surface area (Å²) in [5, 5.41) is 0.538. The lowest BCUT2D eigenvalue weighted by molar-refractivity contribution is 0.104. The van der Waals surface area contributed by atoms with Crippen molar-refractivity contribution in [1.82, 2.24) is 0 Å². The molecule has 0 saturated carbocycles. The molecular formula is C23H19ClO3. The molecule has 0 radical (unpaired) electrons. The molecule has 0 aromatic heterocycles. The molecule has 3 aromatic rings. The van der Waals surface area contributed by atoms with Crippen LogP contribution in [0, 0.1) is 0 Å². The Labute approximate surface area is 163 Å². The summed E-state index contributed by atoms with van der Waals surface area (Å²) in [7, 11) is 1.59. The predicted octanol–water partition coefficient (Wildman–Crippen LogP) is 5.82. The molecule has 136 valence electrons. The molecule has 0 heterocycles. The summed E-state index contributed by atoms with van der Waals surface area (Å²) < 4.78 is 11.3. The third kappa shape index (κ3) is 5.22. The molecule has 3 nitrogen and oxygen atoms in total. The molecule has 3 aromatic carbocycles. The van der Waals surface area contributed by atoms with Crippen molar-refractivity contribution >= 4 is 23.5 Å². The minimum Gasteiger partial charge on any atom is -0.493 e. The fourth-order valence-electron chi connectivity index (χ4n) is 2.55. The lowest BCUT2D eigenvalue weighted by Gasteiger charge is -2.11. The Kier molecular flexibility index (Phi) is 6.29. The Morgan fingerprint density at radius 1 is 0.963 bits per heavy atom. The number of methoxy groups -OCH3 is 1. The molecule has 27 heavy (non-hydrogen) atoms. The number of carbonyl (C=O) groups excluding carboxylic acids is 1. The van der Waals surface area contributed by atoms with Crippen LogP contribution in [0.5, 0.6) is 11.5 Å². The summed E-state index contributed by atoms with van der Waals surface area (Å²) in [5.41, 5.74) is 2.47. The number of hydrogen-bond donors (Lipinski definition) is 0. The molecule has 0 spiro atoms. The third-order valence-corrected chi connectivity index (χ3v) is 4.20. The first kappa shape index (κ1) is 18.7. The maximum Gasteiger partial charge on any atom is 0.185 e. The SMILES string of the molecule is COc1cc(/C=C/C(=O)c2cccc(Cl)c2)ccc1OCc1ccccc1. The fraction of sp³-hybridized carbons (Fsp3) is 0.0870. The van der Waals surface area contributed by atoms with Crippen molar-refractivity contribution in [2.24, 2.45) is 0 Å². The lowest BCUT2D eigenvalue weighted by Crippen LogP contribution is -1.98. The number of allylic oxidation sites excluding steroid dienone is 1. The van der Waals surface area contributed by atoms with Gasteiger partial charge in [-0.15, -0.1) is 0 Å². The average Bonchev–Trinajstić information content (AvgIpc) is 2.71. The van der Waals surface area contributed by atoms with Gasteiger partial charge in [-0.1, -0.05) is 66.2 Å². The van der Waals surface area contributed by atoms with Gasteiger partial charge in [-0.25, -0.2) is 0 Å². The number of halogens is 1. The van der Waals surface area contributed by atoms with Crippen molar-refractivity contribution in [1.29, 1.82) is 0 Å². The van der Waals surface area contributed by atoms with E-state index in [2.05, 4.69) is 0 Å². The van der Waals surface area contributed by atoms with E-state index in [4.69, 9.17) is 21.1 Å². The van der Waals surface area contributed by atoms with Crippen molar-refractivity contribution in [3.63, 3.8) is 0 Å². The van der Waals surface area contributed by atoms with Crippen LogP contribution in [0.15, 0.2) is 78.9 Å². The standard InChI is InChI=1S/C23H19ClO3/c1-26-23-14-17(10-12-21(25)19-8-5-9-20(24)15-19)11-13-22(23)27-16-18-6-3-2-4-7-18/h2-15H,16H2,1H3/b12-10+. The van der Waals surface area contributed by atoms with Crippen molar-refractivity contribution < 1.29 is 14.3 Å². The number of carbonyl (C=O) groups is 1. The number of hydrogen-bond acceptors (Lipinski definition) is 3. The zero-order valence-electron chi connectivity index (χ0n) is 14.9. The van der Waals surface area contributed by atoms with Gasteiger partial charge in [-0.2, -0.15) is 0 Å². The molecular weight excluding hydrogens is 360 g/mol. The molecule has 0 fully saturated rings. The van der Waals surface area contributed by atoms with Gasteiger partial charge in [-0.05, 0) is 41.5 Å². The summed E-state index contributed by atoms with van der Waals surface area (Å²) in [6.07, 6.45) is 3.26. The highest BCUT2D eigenvalue weighted by Crippen LogP contribution is 2.29. The fourth-order valence-corrected chi connectivity index (χ4v) is 2.74. The molecule has 4 heteroatoms. The van der Waals surface area contributed by atoms with Crippen molar-refractivity contribution in [3.8, 4) is 11.5 Å². The highest BCUT2D eigenvalue weighted by Gasteiger charge is 2.06. The van der Waals surface area contributed by atoms with E-state index in [9.17, 15) is 4.79 Å². The summed E-state index contributed by atoms with van der Waals surface area (Å²) in [4.78, 5) is 12.2. The van der Waals surface area contributed by atoms with Gasteiger partial charge in [0, 0.05) is 10.6 Å². The van der Waals surface area contributed by atoms with E-state index in [1.54, 1.807) is 37.5 Å². The number of benzene rings is 3. The van der Waals surface area contributed by atoms with Crippen LogP contribution < -0.4 is 9.47 Å². The largest absolute Gasteiger partial charge is 0.493 e. The van der Waals surface area contributed by atoms with Crippen LogP contribution >= 0.6 is 11.6 Å². The normalized spacial score (nSPS) is 10.7. The second-order valence-corrected chi connectivity index (χ2v) is 6.33. The first-order valence-electron chi connectivity index (χ1n) is 8.48. The van der Waals surface area contributed by atoms with E-state index in [-0.39, 0.29) is 5.78 Å². The van der Waals surface area contributed by atoms with Crippen LogP contribution in [0.2, 0.25) is 5.02 Å². The Balaban J connectivity index is 1.70. The van der Waals surface area contributed by atoms with E-state index in [0.717, 1.165) is 11.1 Å². The molecule has 0 saturated heterocycles. The maximum absolute atomic E-state index is 12.2. The van der Waals surface area contributed by atoms with Crippen molar-refractivity contribution in [3.05, 3.63) is 101 Å². The number of ether oxygens (including phenoxy) is 2.